The van der Waals surface area contributed by atoms with Crippen molar-refractivity contribution in [2.24, 2.45) is 5.41 Å². The van der Waals surface area contributed by atoms with Gasteiger partial charge in [-0.1, -0.05) is 0 Å². The average molecular weight is 337 g/mol. The van der Waals surface area contributed by atoms with Gasteiger partial charge in [0.2, 0.25) is 0 Å². The smallest absolute Gasteiger partial charge is 0.151 e. The minimum Gasteiger partial charge on any atom is -0.396 e. The molecule has 7 heteroatoms. The van der Waals surface area contributed by atoms with E-state index >= 15 is 0 Å². The van der Waals surface area contributed by atoms with Gasteiger partial charge in [0.25, 0.3) is 0 Å². The maximum Gasteiger partial charge on any atom is 0.151 e. The van der Waals surface area contributed by atoms with Crippen molar-refractivity contribution in [2.75, 3.05) is 26.4 Å². The normalized spacial score (nSPS) is 16.2. The number of nitrogens with one attached hydrogen (secondary N) is 1. The van der Waals surface area contributed by atoms with E-state index < -0.39 is 11.6 Å². The van der Waals surface area contributed by atoms with Gasteiger partial charge < -0.3 is 15.2 Å². The molecule has 2 N–H and O–H groups in total. The number of halogens is 2. The third-order valence-corrected chi connectivity index (χ3v) is 4.53. The number of hydrogen-bond donors (Lipinski definition) is 2. The summed E-state index contributed by atoms with van der Waals surface area (Å²) >= 11 is 0. The summed E-state index contributed by atoms with van der Waals surface area (Å²) in [7, 11) is 0. The van der Waals surface area contributed by atoms with E-state index in [9.17, 15) is 13.9 Å². The molecule has 0 spiro atoms. The molecule has 1 aliphatic heterocycles. The number of benzene rings is 1. The van der Waals surface area contributed by atoms with Crippen LogP contribution in [0.2, 0.25) is 0 Å². The molecule has 0 aliphatic carbocycles. The second kappa shape index (κ2) is 6.58. The molecule has 130 valence electrons. The van der Waals surface area contributed by atoms with Crippen molar-refractivity contribution in [1.29, 1.82) is 0 Å². The maximum atomic E-state index is 14.0. The summed E-state index contributed by atoms with van der Waals surface area (Å²) in [6, 6.07) is 3.45. The summed E-state index contributed by atoms with van der Waals surface area (Å²) < 4.78 is 33.8. The van der Waals surface area contributed by atoms with Crippen LogP contribution < -0.4 is 5.32 Å². The Hall–Kier alpha value is -1.83. The highest BCUT2D eigenvalue weighted by Crippen LogP contribution is 2.26. The number of rotatable bonds is 6. The van der Waals surface area contributed by atoms with Crippen molar-refractivity contribution in [3.05, 3.63) is 46.8 Å². The Labute approximate surface area is 139 Å². The zero-order valence-corrected chi connectivity index (χ0v) is 13.8. The van der Waals surface area contributed by atoms with Gasteiger partial charge in [-0.3, -0.25) is 0 Å². The third kappa shape index (κ3) is 3.07. The second-order valence-electron chi connectivity index (χ2n) is 6.41. The molecule has 0 radical (unpaired) electrons. The molecular weight excluding hydrogens is 316 g/mol. The minimum atomic E-state index is -0.647. The first-order valence-electron chi connectivity index (χ1n) is 7.86. The van der Waals surface area contributed by atoms with Gasteiger partial charge in [0.05, 0.1) is 30.9 Å². The number of aryl methyl sites for hydroxylation is 1. The van der Waals surface area contributed by atoms with Gasteiger partial charge in [-0.2, -0.15) is 5.10 Å². The van der Waals surface area contributed by atoms with Crippen LogP contribution in [0.1, 0.15) is 17.0 Å². The van der Waals surface area contributed by atoms with Gasteiger partial charge in [-0.05, 0) is 26.0 Å². The number of nitrogens with zero attached hydrogens (tertiary/aromatic N) is 2. The van der Waals surface area contributed by atoms with Crippen LogP contribution in [0.25, 0.3) is 5.69 Å². The molecule has 0 bridgehead atoms. The van der Waals surface area contributed by atoms with Crippen molar-refractivity contribution in [3.63, 3.8) is 0 Å². The molecule has 5 nitrogen and oxygen atoms in total. The van der Waals surface area contributed by atoms with E-state index in [0.29, 0.717) is 26.3 Å². The molecular formula is C17H21F2N3O2. The molecule has 0 atom stereocenters. The Morgan fingerprint density at radius 2 is 2.08 bits per heavy atom. The highest BCUT2D eigenvalue weighted by atomic mass is 19.1. The van der Waals surface area contributed by atoms with Crippen LogP contribution in [0, 0.1) is 30.9 Å². The third-order valence-electron chi connectivity index (χ3n) is 4.53. The first kappa shape index (κ1) is 17.0. The number of ether oxygens (including phenoxy) is 1. The lowest BCUT2D eigenvalue weighted by atomic mass is 9.87. The highest BCUT2D eigenvalue weighted by molar-refractivity contribution is 5.38. The summed E-state index contributed by atoms with van der Waals surface area (Å²) in [5, 5.41) is 17.1. The van der Waals surface area contributed by atoms with Crippen LogP contribution in [-0.2, 0) is 11.3 Å². The Morgan fingerprint density at radius 3 is 2.67 bits per heavy atom. The van der Waals surface area contributed by atoms with Gasteiger partial charge >= 0.3 is 0 Å². The Balaban J connectivity index is 1.77. The monoisotopic (exact) mass is 337 g/mol. The predicted octanol–water partition coefficient (Wildman–Crippen LogP) is 1.87. The molecule has 3 rings (SSSR count). The van der Waals surface area contributed by atoms with Crippen LogP contribution >= 0.6 is 0 Å². The summed E-state index contributed by atoms with van der Waals surface area (Å²) in [6.07, 6.45) is 0. The van der Waals surface area contributed by atoms with Gasteiger partial charge in [0, 0.05) is 30.4 Å². The van der Waals surface area contributed by atoms with Gasteiger partial charge in [-0.25, -0.2) is 13.5 Å². The van der Waals surface area contributed by atoms with Crippen molar-refractivity contribution in [3.8, 4) is 5.69 Å². The van der Waals surface area contributed by atoms with E-state index in [-0.39, 0.29) is 17.7 Å². The predicted molar refractivity (Wildman–Crippen MR) is 85.0 cm³/mol. The summed E-state index contributed by atoms with van der Waals surface area (Å²) in [5.74, 6) is -1.26. The van der Waals surface area contributed by atoms with E-state index in [0.717, 1.165) is 23.0 Å². The van der Waals surface area contributed by atoms with Crippen LogP contribution in [0.5, 0.6) is 0 Å². The zero-order chi connectivity index (χ0) is 17.3. The van der Waals surface area contributed by atoms with E-state index in [1.807, 2.05) is 13.8 Å². The van der Waals surface area contributed by atoms with Crippen molar-refractivity contribution < 1.29 is 18.6 Å². The Morgan fingerprint density at radius 1 is 1.33 bits per heavy atom. The lowest BCUT2D eigenvalue weighted by molar-refractivity contribution is -0.134. The van der Waals surface area contributed by atoms with Crippen LogP contribution in [0.3, 0.4) is 0 Å². The molecule has 0 unspecified atom stereocenters. The number of aromatic nitrogens is 2. The molecule has 2 heterocycles. The molecule has 1 aromatic heterocycles. The molecule has 1 fully saturated rings. The first-order chi connectivity index (χ1) is 11.5. The molecule has 2 aromatic rings. The second-order valence-corrected chi connectivity index (χ2v) is 6.41. The van der Waals surface area contributed by atoms with Gasteiger partial charge in [0.15, 0.2) is 5.82 Å². The average Bonchev–Trinajstić information content (AvgIpc) is 2.77. The first-order valence-corrected chi connectivity index (χ1v) is 7.86. The van der Waals surface area contributed by atoms with E-state index in [1.54, 1.807) is 0 Å². The zero-order valence-electron chi connectivity index (χ0n) is 13.8. The number of hydrogen-bond acceptors (Lipinski definition) is 4. The van der Waals surface area contributed by atoms with Gasteiger partial charge in [-0.15, -0.1) is 0 Å². The minimum absolute atomic E-state index is 0.0814. The van der Waals surface area contributed by atoms with E-state index in [4.69, 9.17) is 4.74 Å². The molecule has 1 saturated heterocycles. The quantitative estimate of drug-likeness (QED) is 0.845. The largest absolute Gasteiger partial charge is 0.396 e. The lowest BCUT2D eigenvalue weighted by Crippen LogP contribution is -2.52. The fraction of sp³-hybridized carbons (Fsp3) is 0.471. The van der Waals surface area contributed by atoms with Crippen LogP contribution in [0.4, 0.5) is 8.78 Å². The van der Waals surface area contributed by atoms with Crippen molar-refractivity contribution in [2.45, 2.75) is 20.4 Å². The van der Waals surface area contributed by atoms with E-state index in [1.165, 1.54) is 16.8 Å². The maximum absolute atomic E-state index is 14.0. The fourth-order valence-electron chi connectivity index (χ4n) is 2.91. The van der Waals surface area contributed by atoms with Crippen molar-refractivity contribution >= 4 is 0 Å². The number of aliphatic hydroxyl groups excluding tert-OH is 1. The summed E-state index contributed by atoms with van der Waals surface area (Å²) in [4.78, 5) is 0. The fourth-order valence-corrected chi connectivity index (χ4v) is 2.91. The standard InChI is InChI=1S/C17H21F2N3O2/c1-11-14(6-20-7-17(8-23)9-24-10-17)12(2)22(21-11)16-4-3-13(18)5-15(16)19/h3-5,20,23H,6-10H2,1-2H3. The van der Waals surface area contributed by atoms with Crippen molar-refractivity contribution in [1.82, 2.24) is 15.1 Å². The summed E-state index contributed by atoms with van der Waals surface area (Å²) in [5.41, 5.74) is 2.57. The van der Waals surface area contributed by atoms with Gasteiger partial charge in [0.1, 0.15) is 11.5 Å². The summed E-state index contributed by atoms with van der Waals surface area (Å²) in [6.45, 7) is 6.09. The molecule has 1 aromatic carbocycles. The molecule has 0 amide bonds. The SMILES string of the molecule is Cc1nn(-c2ccc(F)cc2F)c(C)c1CNCC1(CO)COC1. The Bertz CT molecular complexity index is 736. The Kier molecular flexibility index (Phi) is 4.67. The lowest BCUT2D eigenvalue weighted by Gasteiger charge is -2.40. The molecule has 0 saturated carbocycles. The van der Waals surface area contributed by atoms with E-state index in [2.05, 4.69) is 10.4 Å². The highest BCUT2D eigenvalue weighted by Gasteiger charge is 2.37. The van der Waals surface area contributed by atoms with Crippen LogP contribution in [0.15, 0.2) is 18.2 Å². The molecule has 1 aliphatic rings. The topological polar surface area (TPSA) is 59.3 Å². The number of aliphatic hydroxyl groups is 1. The molecule has 24 heavy (non-hydrogen) atoms. The van der Waals surface area contributed by atoms with Crippen LogP contribution in [-0.4, -0.2) is 41.3 Å².